The zero-order chi connectivity index (χ0) is 14.4. The summed E-state index contributed by atoms with van der Waals surface area (Å²) in [5, 5.41) is 4.18. The first kappa shape index (κ1) is 15.8. The van der Waals surface area contributed by atoms with Crippen LogP contribution in [0.3, 0.4) is 0 Å². The van der Waals surface area contributed by atoms with E-state index < -0.39 is 0 Å². The minimum atomic E-state index is 0.484. The number of hydrogen-bond acceptors (Lipinski definition) is 3. The Balaban J connectivity index is 1.81. The van der Waals surface area contributed by atoms with Crippen LogP contribution in [-0.4, -0.2) is 29.2 Å². The maximum Gasteiger partial charge on any atom is 0.151 e. The van der Waals surface area contributed by atoms with Crippen molar-refractivity contribution in [3.05, 3.63) is 16.7 Å². The van der Waals surface area contributed by atoms with Gasteiger partial charge in [0.15, 0.2) is 5.15 Å². The highest BCUT2D eigenvalue weighted by Crippen LogP contribution is 2.20. The van der Waals surface area contributed by atoms with Gasteiger partial charge in [-0.1, -0.05) is 24.9 Å². The molecule has 0 spiro atoms. The predicted molar refractivity (Wildman–Crippen MR) is 82.1 cm³/mol. The van der Waals surface area contributed by atoms with Crippen LogP contribution in [0.1, 0.15) is 51.0 Å². The summed E-state index contributed by atoms with van der Waals surface area (Å²) in [6, 6.07) is 0.484. The quantitative estimate of drug-likeness (QED) is 0.812. The third-order valence-corrected chi connectivity index (χ3v) is 4.43. The highest BCUT2D eigenvalue weighted by Gasteiger charge is 2.20. The second-order valence-electron chi connectivity index (χ2n) is 5.68. The number of aromatic nitrogens is 2. The minimum Gasteiger partial charge on any atom is -0.381 e. The second-order valence-corrected chi connectivity index (χ2v) is 6.03. The van der Waals surface area contributed by atoms with Gasteiger partial charge in [0.2, 0.25) is 0 Å². The molecule has 1 aromatic rings. The van der Waals surface area contributed by atoms with Gasteiger partial charge < -0.3 is 15.0 Å². The number of nitrogens with zero attached hydrogens (tertiary/aromatic N) is 1. The Hall–Kier alpha value is -0.580. The van der Waals surface area contributed by atoms with Crippen molar-refractivity contribution in [3.8, 4) is 0 Å². The van der Waals surface area contributed by atoms with Gasteiger partial charge in [0.25, 0.3) is 0 Å². The fourth-order valence-corrected chi connectivity index (χ4v) is 2.88. The summed E-state index contributed by atoms with van der Waals surface area (Å²) in [4.78, 5) is 7.73. The molecule has 0 amide bonds. The molecule has 2 N–H and O–H groups in total. The number of H-pyrrole nitrogens is 1. The van der Waals surface area contributed by atoms with Crippen LogP contribution in [0.25, 0.3) is 0 Å². The van der Waals surface area contributed by atoms with Gasteiger partial charge in [0.05, 0.1) is 5.69 Å². The number of aromatic amines is 1. The average Bonchev–Trinajstić information content (AvgIpc) is 2.83. The molecule has 20 heavy (non-hydrogen) atoms. The second kappa shape index (κ2) is 8.01. The Morgan fingerprint density at radius 3 is 2.90 bits per heavy atom. The third-order valence-electron chi connectivity index (χ3n) is 4.12. The zero-order valence-corrected chi connectivity index (χ0v) is 13.3. The van der Waals surface area contributed by atoms with Gasteiger partial charge in [-0.05, 0) is 32.1 Å². The van der Waals surface area contributed by atoms with Crippen molar-refractivity contribution >= 4 is 11.6 Å². The molecular weight excluding hydrogens is 274 g/mol. The number of hydrogen-bond donors (Lipinski definition) is 2. The molecule has 0 aromatic carbocycles. The summed E-state index contributed by atoms with van der Waals surface area (Å²) in [7, 11) is 0. The maximum absolute atomic E-state index is 6.19. The molecule has 0 aliphatic carbocycles. The first-order chi connectivity index (χ1) is 9.70. The van der Waals surface area contributed by atoms with Crippen molar-refractivity contribution in [3.63, 3.8) is 0 Å². The van der Waals surface area contributed by atoms with Gasteiger partial charge in [-0.15, -0.1) is 0 Å². The largest absolute Gasteiger partial charge is 0.381 e. The highest BCUT2D eigenvalue weighted by atomic mass is 35.5. The Kier molecular flexibility index (Phi) is 6.33. The molecule has 2 rings (SSSR count). The van der Waals surface area contributed by atoms with Crippen molar-refractivity contribution in [2.45, 2.75) is 58.5 Å². The molecule has 2 heterocycles. The van der Waals surface area contributed by atoms with Gasteiger partial charge in [-0.3, -0.25) is 0 Å². The van der Waals surface area contributed by atoms with E-state index in [9.17, 15) is 0 Å². The topological polar surface area (TPSA) is 49.9 Å². The average molecular weight is 300 g/mol. The molecule has 0 radical (unpaired) electrons. The summed E-state index contributed by atoms with van der Waals surface area (Å²) < 4.78 is 5.41. The van der Waals surface area contributed by atoms with E-state index in [1.165, 1.54) is 6.42 Å². The van der Waals surface area contributed by atoms with E-state index in [2.05, 4.69) is 29.1 Å². The summed E-state index contributed by atoms with van der Waals surface area (Å²) in [5.41, 5.74) is 1.01. The number of imidazole rings is 1. The fourth-order valence-electron chi connectivity index (χ4n) is 2.66. The van der Waals surface area contributed by atoms with E-state index in [0.717, 1.165) is 57.0 Å². The van der Waals surface area contributed by atoms with Gasteiger partial charge in [-0.25, -0.2) is 4.98 Å². The molecule has 1 atom stereocenters. The number of aryl methyl sites for hydroxylation is 1. The van der Waals surface area contributed by atoms with Crippen molar-refractivity contribution in [1.29, 1.82) is 0 Å². The molecule has 0 saturated carbocycles. The Morgan fingerprint density at radius 1 is 1.45 bits per heavy atom. The lowest BCUT2D eigenvalue weighted by atomic mass is 9.93. The van der Waals surface area contributed by atoms with Gasteiger partial charge >= 0.3 is 0 Å². The first-order valence-electron chi connectivity index (χ1n) is 7.75. The lowest BCUT2D eigenvalue weighted by Crippen LogP contribution is -2.36. The van der Waals surface area contributed by atoms with E-state index in [0.29, 0.717) is 17.1 Å². The molecule has 4 nitrogen and oxygen atoms in total. The summed E-state index contributed by atoms with van der Waals surface area (Å²) in [6.07, 6.45) is 5.59. The number of rotatable bonds is 7. The smallest absolute Gasteiger partial charge is 0.151 e. The molecule has 1 aliphatic rings. The standard InChI is InChI=1S/C15H26ClN3O/c1-3-4-5-14-18-13(15(16)19-14)10-17-11(2)12-6-8-20-9-7-12/h11-12,17H,3-10H2,1-2H3,(H,18,19). The number of halogens is 1. The predicted octanol–water partition coefficient (Wildman–Crippen LogP) is 3.31. The Morgan fingerprint density at radius 2 is 2.20 bits per heavy atom. The van der Waals surface area contributed by atoms with Crippen molar-refractivity contribution in [2.75, 3.05) is 13.2 Å². The Bertz CT molecular complexity index is 402. The van der Waals surface area contributed by atoms with Crippen molar-refractivity contribution in [2.24, 2.45) is 5.92 Å². The van der Waals surface area contributed by atoms with Crippen LogP contribution in [0.5, 0.6) is 0 Å². The van der Waals surface area contributed by atoms with Crippen LogP contribution in [-0.2, 0) is 17.7 Å². The van der Waals surface area contributed by atoms with Crippen molar-refractivity contribution in [1.82, 2.24) is 15.3 Å². The Labute approximate surface area is 126 Å². The van der Waals surface area contributed by atoms with Crippen LogP contribution >= 0.6 is 11.6 Å². The lowest BCUT2D eigenvalue weighted by Gasteiger charge is -2.28. The molecule has 1 fully saturated rings. The summed E-state index contributed by atoms with van der Waals surface area (Å²) in [6.45, 7) is 6.97. The van der Waals surface area contributed by atoms with Crippen LogP contribution in [0.4, 0.5) is 0 Å². The number of nitrogens with one attached hydrogen (secondary N) is 2. The summed E-state index contributed by atoms with van der Waals surface area (Å²) >= 11 is 6.19. The molecule has 1 aliphatic heterocycles. The van der Waals surface area contributed by atoms with Crippen LogP contribution in [0.15, 0.2) is 0 Å². The molecule has 1 unspecified atom stereocenters. The maximum atomic E-state index is 6.19. The molecule has 0 bridgehead atoms. The molecule has 5 heteroatoms. The van der Waals surface area contributed by atoms with Gasteiger partial charge in [-0.2, -0.15) is 0 Å². The first-order valence-corrected chi connectivity index (χ1v) is 8.13. The SMILES string of the molecule is CCCCc1nc(Cl)c(CNC(C)C2CCOCC2)[nH]1. The van der Waals surface area contributed by atoms with Crippen LogP contribution in [0, 0.1) is 5.92 Å². The highest BCUT2D eigenvalue weighted by molar-refractivity contribution is 6.30. The summed E-state index contributed by atoms with van der Waals surface area (Å²) in [5.74, 6) is 1.71. The zero-order valence-electron chi connectivity index (χ0n) is 12.5. The third kappa shape index (κ3) is 4.47. The normalized spacial score (nSPS) is 18.4. The molecule has 114 valence electrons. The minimum absolute atomic E-state index is 0.484. The van der Waals surface area contributed by atoms with E-state index in [-0.39, 0.29) is 0 Å². The van der Waals surface area contributed by atoms with Crippen LogP contribution < -0.4 is 5.32 Å². The van der Waals surface area contributed by atoms with Gasteiger partial charge in [0.1, 0.15) is 5.82 Å². The van der Waals surface area contributed by atoms with Crippen molar-refractivity contribution < 1.29 is 4.74 Å². The van der Waals surface area contributed by atoms with E-state index >= 15 is 0 Å². The number of ether oxygens (including phenoxy) is 1. The molecular formula is C15H26ClN3O. The monoisotopic (exact) mass is 299 g/mol. The molecule has 1 aromatic heterocycles. The fraction of sp³-hybridized carbons (Fsp3) is 0.800. The molecule has 1 saturated heterocycles. The van der Waals surface area contributed by atoms with E-state index in [4.69, 9.17) is 16.3 Å². The van der Waals surface area contributed by atoms with Crippen LogP contribution in [0.2, 0.25) is 5.15 Å². The van der Waals surface area contributed by atoms with E-state index in [1.807, 2.05) is 0 Å². The number of unbranched alkanes of at least 4 members (excludes halogenated alkanes) is 1. The lowest BCUT2D eigenvalue weighted by molar-refractivity contribution is 0.0557. The van der Waals surface area contributed by atoms with Gasteiger partial charge in [0, 0.05) is 32.2 Å². The van der Waals surface area contributed by atoms with E-state index in [1.54, 1.807) is 0 Å².